The first kappa shape index (κ1) is 20.0. The van der Waals surface area contributed by atoms with Crippen molar-refractivity contribution >= 4 is 23.6 Å². The first-order chi connectivity index (χ1) is 12.8. The van der Waals surface area contributed by atoms with Gasteiger partial charge < -0.3 is 14.3 Å². The second kappa shape index (κ2) is 8.84. The van der Waals surface area contributed by atoms with Crippen LogP contribution < -0.4 is 5.32 Å². The van der Waals surface area contributed by atoms with Gasteiger partial charge in [0.25, 0.3) is 0 Å². The molecule has 9 heteroatoms. The fourth-order valence-corrected chi connectivity index (χ4v) is 1.98. The van der Waals surface area contributed by atoms with Crippen molar-refractivity contribution in [3.63, 3.8) is 0 Å². The fraction of sp³-hybridized carbons (Fsp3) is 0.333. The summed E-state index contributed by atoms with van der Waals surface area (Å²) in [6.07, 6.45) is -0.681. The van der Waals surface area contributed by atoms with Crippen molar-refractivity contribution < 1.29 is 23.9 Å². The SMILES string of the molecule is CON=C(C(=O)OC(C)(C)C)c1cc(NC(=O)OCc2ccccc2)n[nH]1. The van der Waals surface area contributed by atoms with Crippen LogP contribution in [0.5, 0.6) is 0 Å². The molecule has 0 aliphatic carbocycles. The second-order valence-electron chi connectivity index (χ2n) is 6.48. The van der Waals surface area contributed by atoms with Gasteiger partial charge in [-0.05, 0) is 26.3 Å². The largest absolute Gasteiger partial charge is 0.455 e. The van der Waals surface area contributed by atoms with Crippen molar-refractivity contribution in [3.8, 4) is 0 Å². The zero-order valence-corrected chi connectivity index (χ0v) is 15.6. The Balaban J connectivity index is 2.00. The van der Waals surface area contributed by atoms with Gasteiger partial charge in [-0.15, -0.1) is 0 Å². The van der Waals surface area contributed by atoms with Gasteiger partial charge in [-0.25, -0.2) is 9.59 Å². The number of H-pyrrole nitrogens is 1. The number of aromatic amines is 1. The van der Waals surface area contributed by atoms with Crippen LogP contribution in [0.1, 0.15) is 32.0 Å². The van der Waals surface area contributed by atoms with Crippen LogP contribution in [0.15, 0.2) is 41.6 Å². The number of oxime groups is 1. The average Bonchev–Trinajstić information content (AvgIpc) is 3.05. The third-order valence-electron chi connectivity index (χ3n) is 3.05. The summed E-state index contributed by atoms with van der Waals surface area (Å²) in [5, 5.41) is 12.7. The first-order valence-corrected chi connectivity index (χ1v) is 8.16. The number of carbonyl (C=O) groups is 2. The lowest BCUT2D eigenvalue weighted by molar-refractivity contribution is -0.146. The molecule has 1 aromatic heterocycles. The molecule has 144 valence electrons. The highest BCUT2D eigenvalue weighted by Crippen LogP contribution is 2.13. The molecule has 0 unspecified atom stereocenters. The molecule has 0 fully saturated rings. The van der Waals surface area contributed by atoms with Crippen molar-refractivity contribution in [1.29, 1.82) is 0 Å². The van der Waals surface area contributed by atoms with Crippen LogP contribution in [0.2, 0.25) is 0 Å². The molecular weight excluding hydrogens is 352 g/mol. The maximum absolute atomic E-state index is 12.2. The van der Waals surface area contributed by atoms with Crippen molar-refractivity contribution in [3.05, 3.63) is 47.7 Å². The third kappa shape index (κ3) is 6.46. The van der Waals surface area contributed by atoms with E-state index < -0.39 is 17.7 Å². The summed E-state index contributed by atoms with van der Waals surface area (Å²) in [5.41, 5.74) is 0.276. The lowest BCUT2D eigenvalue weighted by atomic mass is 10.2. The van der Waals surface area contributed by atoms with Crippen molar-refractivity contribution in [1.82, 2.24) is 10.2 Å². The van der Waals surface area contributed by atoms with Crippen molar-refractivity contribution in [2.24, 2.45) is 5.16 Å². The Morgan fingerprint density at radius 1 is 1.22 bits per heavy atom. The topological polar surface area (TPSA) is 115 Å². The fourth-order valence-electron chi connectivity index (χ4n) is 1.98. The molecule has 1 amide bonds. The number of esters is 1. The number of nitrogens with zero attached hydrogens (tertiary/aromatic N) is 2. The van der Waals surface area contributed by atoms with E-state index in [0.717, 1.165) is 5.56 Å². The number of hydrogen-bond donors (Lipinski definition) is 2. The zero-order chi connectivity index (χ0) is 19.9. The number of amides is 1. The summed E-state index contributed by atoms with van der Waals surface area (Å²) in [6.45, 7) is 5.33. The van der Waals surface area contributed by atoms with Crippen LogP contribution in [0, 0.1) is 0 Å². The van der Waals surface area contributed by atoms with Crippen LogP contribution in [0.3, 0.4) is 0 Å². The molecule has 2 N–H and O–H groups in total. The molecule has 1 aromatic carbocycles. The third-order valence-corrected chi connectivity index (χ3v) is 3.05. The van der Waals surface area contributed by atoms with Gasteiger partial charge in [-0.1, -0.05) is 35.5 Å². The maximum atomic E-state index is 12.2. The van der Waals surface area contributed by atoms with E-state index in [1.165, 1.54) is 13.2 Å². The molecule has 9 nitrogen and oxygen atoms in total. The number of benzene rings is 1. The van der Waals surface area contributed by atoms with E-state index in [0.29, 0.717) is 0 Å². The van der Waals surface area contributed by atoms with E-state index in [1.807, 2.05) is 30.3 Å². The molecule has 1 heterocycles. The van der Waals surface area contributed by atoms with E-state index in [-0.39, 0.29) is 23.8 Å². The van der Waals surface area contributed by atoms with Crippen LogP contribution in [-0.2, 0) is 25.7 Å². The van der Waals surface area contributed by atoms with Gasteiger partial charge in [0, 0.05) is 6.07 Å². The normalized spacial score (nSPS) is 11.6. The molecule has 0 aliphatic rings. The number of nitrogens with one attached hydrogen (secondary N) is 2. The predicted octanol–water partition coefficient (Wildman–Crippen LogP) is 2.85. The van der Waals surface area contributed by atoms with E-state index in [4.69, 9.17) is 14.3 Å². The Morgan fingerprint density at radius 3 is 2.56 bits per heavy atom. The molecule has 0 atom stereocenters. The zero-order valence-electron chi connectivity index (χ0n) is 15.6. The van der Waals surface area contributed by atoms with Crippen LogP contribution in [-0.4, -0.2) is 40.7 Å². The summed E-state index contributed by atoms with van der Waals surface area (Å²) in [6, 6.07) is 10.7. The number of rotatable bonds is 6. The van der Waals surface area contributed by atoms with Gasteiger partial charge in [0.05, 0.1) is 5.69 Å². The van der Waals surface area contributed by atoms with E-state index in [2.05, 4.69) is 20.7 Å². The summed E-state index contributed by atoms with van der Waals surface area (Å²) < 4.78 is 10.4. The van der Waals surface area contributed by atoms with Gasteiger partial charge in [0.1, 0.15) is 19.3 Å². The Hall–Kier alpha value is -3.36. The molecule has 0 spiro atoms. The van der Waals surface area contributed by atoms with Gasteiger partial charge in [0.15, 0.2) is 5.82 Å². The summed E-state index contributed by atoms with van der Waals surface area (Å²) in [7, 11) is 1.31. The lowest BCUT2D eigenvalue weighted by Crippen LogP contribution is -2.29. The van der Waals surface area contributed by atoms with Crippen molar-refractivity contribution in [2.45, 2.75) is 33.0 Å². The summed E-state index contributed by atoms with van der Waals surface area (Å²) in [4.78, 5) is 28.8. The molecule has 0 bridgehead atoms. The van der Waals surface area contributed by atoms with Gasteiger partial charge >= 0.3 is 12.1 Å². The average molecular weight is 374 g/mol. The van der Waals surface area contributed by atoms with Crippen molar-refractivity contribution in [2.75, 3.05) is 12.4 Å². The van der Waals surface area contributed by atoms with Gasteiger partial charge in [0.2, 0.25) is 5.71 Å². The number of carbonyl (C=O) groups excluding carboxylic acids is 2. The van der Waals surface area contributed by atoms with Crippen LogP contribution in [0.25, 0.3) is 0 Å². The number of hydrogen-bond acceptors (Lipinski definition) is 7. The minimum Gasteiger partial charge on any atom is -0.455 e. The van der Waals surface area contributed by atoms with Gasteiger partial charge in [-0.3, -0.25) is 10.4 Å². The van der Waals surface area contributed by atoms with Crippen LogP contribution >= 0.6 is 0 Å². The highest BCUT2D eigenvalue weighted by Gasteiger charge is 2.25. The molecule has 0 saturated heterocycles. The molecular formula is C18H22N4O5. The number of anilines is 1. The first-order valence-electron chi connectivity index (χ1n) is 8.16. The summed E-state index contributed by atoms with van der Waals surface area (Å²) >= 11 is 0. The maximum Gasteiger partial charge on any atom is 0.413 e. The second-order valence-corrected chi connectivity index (χ2v) is 6.48. The Kier molecular flexibility index (Phi) is 6.53. The molecule has 27 heavy (non-hydrogen) atoms. The smallest absolute Gasteiger partial charge is 0.413 e. The molecule has 2 aromatic rings. The Bertz CT molecular complexity index is 809. The summed E-state index contributed by atoms with van der Waals surface area (Å²) in [5.74, 6) is -0.526. The molecule has 0 saturated carbocycles. The molecule has 0 radical (unpaired) electrons. The molecule has 2 rings (SSSR count). The van der Waals surface area contributed by atoms with E-state index in [9.17, 15) is 9.59 Å². The quantitative estimate of drug-likeness (QED) is 0.456. The van der Waals surface area contributed by atoms with Gasteiger partial charge in [-0.2, -0.15) is 5.10 Å². The predicted molar refractivity (Wildman–Crippen MR) is 98.2 cm³/mol. The monoisotopic (exact) mass is 374 g/mol. The highest BCUT2D eigenvalue weighted by molar-refractivity contribution is 6.42. The van der Waals surface area contributed by atoms with Crippen LogP contribution in [0.4, 0.5) is 10.6 Å². The van der Waals surface area contributed by atoms with E-state index in [1.54, 1.807) is 20.8 Å². The number of ether oxygens (including phenoxy) is 2. The van der Waals surface area contributed by atoms with E-state index >= 15 is 0 Å². The number of aromatic nitrogens is 2. The minimum atomic E-state index is -0.700. The Morgan fingerprint density at radius 2 is 1.93 bits per heavy atom. The Labute approximate surface area is 156 Å². The standard InChI is InChI=1S/C18H22N4O5/c1-18(2,3)27-16(23)15(22-25-4)13-10-14(21-20-13)19-17(24)26-11-12-8-6-5-7-9-12/h5-10H,11H2,1-4H3,(H2,19,20,21,24). The minimum absolute atomic E-state index is 0.106. The highest BCUT2D eigenvalue weighted by atomic mass is 16.6. The lowest BCUT2D eigenvalue weighted by Gasteiger charge is -2.19. The molecule has 0 aliphatic heterocycles.